The predicted octanol–water partition coefficient (Wildman–Crippen LogP) is 1.24. The first kappa shape index (κ1) is 15.5. The average molecular weight is 287 g/mol. The Morgan fingerprint density at radius 2 is 1.86 bits per heavy atom. The van der Waals surface area contributed by atoms with Gasteiger partial charge in [-0.2, -0.15) is 5.26 Å². The second kappa shape index (κ2) is 7.77. The maximum atomic E-state index is 11.3. The highest BCUT2D eigenvalue weighted by atomic mass is 16.5. The van der Waals surface area contributed by atoms with Crippen LogP contribution in [0.5, 0.6) is 0 Å². The fourth-order valence-electron chi connectivity index (χ4n) is 2.53. The zero-order chi connectivity index (χ0) is 15.1. The molecule has 1 aromatic carbocycles. The minimum atomic E-state index is -0.171. The Hall–Kier alpha value is -1.90. The lowest BCUT2D eigenvalue weighted by atomic mass is 10.1. The van der Waals surface area contributed by atoms with Crippen LogP contribution in [0, 0.1) is 11.3 Å². The third kappa shape index (κ3) is 4.85. The topological polar surface area (TPSA) is 56.6 Å². The Kier molecular flexibility index (Phi) is 5.73. The van der Waals surface area contributed by atoms with Crippen molar-refractivity contribution in [2.75, 3.05) is 39.8 Å². The van der Waals surface area contributed by atoms with Crippen LogP contribution in [0.2, 0.25) is 0 Å². The summed E-state index contributed by atoms with van der Waals surface area (Å²) in [5.41, 5.74) is 1.91. The standard InChI is InChI=1S/C16H21N3O2/c1-21-16(20)13-19-8-2-7-18(9-10-19)12-15-5-3-14(11-17)4-6-15/h3-6H,2,7-10,12-13H2,1H3. The molecule has 112 valence electrons. The maximum absolute atomic E-state index is 11.3. The average Bonchev–Trinajstić information content (AvgIpc) is 2.73. The number of esters is 1. The Balaban J connectivity index is 1.85. The van der Waals surface area contributed by atoms with E-state index in [9.17, 15) is 4.79 Å². The van der Waals surface area contributed by atoms with Crippen LogP contribution in [-0.4, -0.2) is 55.6 Å². The molecule has 5 heteroatoms. The predicted molar refractivity (Wildman–Crippen MR) is 79.5 cm³/mol. The highest BCUT2D eigenvalue weighted by Crippen LogP contribution is 2.10. The summed E-state index contributed by atoms with van der Waals surface area (Å²) >= 11 is 0. The minimum Gasteiger partial charge on any atom is -0.468 e. The molecule has 0 atom stereocenters. The van der Waals surface area contributed by atoms with Crippen LogP contribution in [0.4, 0.5) is 0 Å². The monoisotopic (exact) mass is 287 g/mol. The van der Waals surface area contributed by atoms with Crippen LogP contribution >= 0.6 is 0 Å². The highest BCUT2D eigenvalue weighted by molar-refractivity contribution is 5.71. The van der Waals surface area contributed by atoms with E-state index in [0.29, 0.717) is 12.1 Å². The van der Waals surface area contributed by atoms with Crippen molar-refractivity contribution < 1.29 is 9.53 Å². The smallest absolute Gasteiger partial charge is 0.319 e. The van der Waals surface area contributed by atoms with E-state index in [0.717, 1.165) is 39.1 Å². The molecule has 2 rings (SSSR count). The summed E-state index contributed by atoms with van der Waals surface area (Å²) in [5, 5.41) is 8.80. The Bertz CT molecular complexity index is 507. The SMILES string of the molecule is COC(=O)CN1CCCN(Cc2ccc(C#N)cc2)CC1. The van der Waals surface area contributed by atoms with E-state index in [2.05, 4.69) is 15.9 Å². The zero-order valence-corrected chi connectivity index (χ0v) is 12.4. The van der Waals surface area contributed by atoms with Crippen LogP contribution in [0.25, 0.3) is 0 Å². The minimum absolute atomic E-state index is 0.171. The van der Waals surface area contributed by atoms with Crippen molar-refractivity contribution in [1.82, 2.24) is 9.80 Å². The molecule has 0 aliphatic carbocycles. The number of rotatable bonds is 4. The van der Waals surface area contributed by atoms with Crippen molar-refractivity contribution in [3.8, 4) is 6.07 Å². The zero-order valence-electron chi connectivity index (χ0n) is 12.4. The first-order valence-electron chi connectivity index (χ1n) is 7.22. The van der Waals surface area contributed by atoms with Crippen molar-refractivity contribution >= 4 is 5.97 Å². The molecule has 1 aliphatic heterocycles. The van der Waals surface area contributed by atoms with Gasteiger partial charge >= 0.3 is 5.97 Å². The lowest BCUT2D eigenvalue weighted by Crippen LogP contribution is -2.34. The molecule has 5 nitrogen and oxygen atoms in total. The van der Waals surface area contributed by atoms with Gasteiger partial charge < -0.3 is 4.74 Å². The second-order valence-electron chi connectivity index (χ2n) is 5.29. The van der Waals surface area contributed by atoms with Gasteiger partial charge in [0.05, 0.1) is 25.3 Å². The lowest BCUT2D eigenvalue weighted by Gasteiger charge is -2.21. The number of carbonyl (C=O) groups is 1. The van der Waals surface area contributed by atoms with Gasteiger partial charge in [0, 0.05) is 26.2 Å². The van der Waals surface area contributed by atoms with E-state index < -0.39 is 0 Å². The Morgan fingerprint density at radius 3 is 2.52 bits per heavy atom. The van der Waals surface area contributed by atoms with Gasteiger partial charge in [-0.05, 0) is 30.7 Å². The fourth-order valence-corrected chi connectivity index (χ4v) is 2.53. The van der Waals surface area contributed by atoms with Gasteiger partial charge in [-0.3, -0.25) is 14.6 Å². The first-order valence-corrected chi connectivity index (χ1v) is 7.22. The number of ether oxygens (including phenoxy) is 1. The number of hydrogen-bond acceptors (Lipinski definition) is 5. The molecule has 0 unspecified atom stereocenters. The van der Waals surface area contributed by atoms with Crippen molar-refractivity contribution in [3.63, 3.8) is 0 Å². The van der Waals surface area contributed by atoms with Gasteiger partial charge in [0.1, 0.15) is 0 Å². The van der Waals surface area contributed by atoms with Gasteiger partial charge in [0.25, 0.3) is 0 Å². The second-order valence-corrected chi connectivity index (χ2v) is 5.29. The first-order chi connectivity index (χ1) is 10.2. The quantitative estimate of drug-likeness (QED) is 0.780. The molecule has 0 aromatic heterocycles. The van der Waals surface area contributed by atoms with Gasteiger partial charge in [0.2, 0.25) is 0 Å². The van der Waals surface area contributed by atoms with Crippen molar-refractivity contribution in [2.45, 2.75) is 13.0 Å². The number of benzene rings is 1. The van der Waals surface area contributed by atoms with E-state index in [1.807, 2.05) is 24.3 Å². The Labute approximate surface area is 125 Å². The molecule has 0 bridgehead atoms. The van der Waals surface area contributed by atoms with Crippen LogP contribution in [-0.2, 0) is 16.1 Å². The number of carbonyl (C=O) groups excluding carboxylic acids is 1. The van der Waals surface area contributed by atoms with Gasteiger partial charge in [-0.1, -0.05) is 12.1 Å². The Morgan fingerprint density at radius 1 is 1.19 bits per heavy atom. The molecule has 1 aromatic rings. The van der Waals surface area contributed by atoms with Crippen molar-refractivity contribution in [1.29, 1.82) is 5.26 Å². The molecular weight excluding hydrogens is 266 g/mol. The maximum Gasteiger partial charge on any atom is 0.319 e. The van der Waals surface area contributed by atoms with Crippen molar-refractivity contribution in [3.05, 3.63) is 35.4 Å². The summed E-state index contributed by atoms with van der Waals surface area (Å²) in [6.07, 6.45) is 1.05. The molecular formula is C16H21N3O2. The van der Waals surface area contributed by atoms with Crippen LogP contribution in [0.1, 0.15) is 17.5 Å². The van der Waals surface area contributed by atoms with Crippen molar-refractivity contribution in [2.24, 2.45) is 0 Å². The summed E-state index contributed by atoms with van der Waals surface area (Å²) in [6, 6.07) is 9.87. The molecule has 0 spiro atoms. The van der Waals surface area contributed by atoms with E-state index in [4.69, 9.17) is 10.00 Å². The normalized spacial score (nSPS) is 17.0. The van der Waals surface area contributed by atoms with Crippen LogP contribution < -0.4 is 0 Å². The van der Waals surface area contributed by atoms with Gasteiger partial charge in [-0.15, -0.1) is 0 Å². The van der Waals surface area contributed by atoms with Crippen LogP contribution in [0.3, 0.4) is 0 Å². The highest BCUT2D eigenvalue weighted by Gasteiger charge is 2.17. The van der Waals surface area contributed by atoms with E-state index in [-0.39, 0.29) is 5.97 Å². The summed E-state index contributed by atoms with van der Waals surface area (Å²) in [4.78, 5) is 15.9. The van der Waals surface area contributed by atoms with E-state index in [1.165, 1.54) is 12.7 Å². The lowest BCUT2D eigenvalue weighted by molar-refractivity contribution is -0.141. The molecule has 0 saturated carbocycles. The molecule has 1 saturated heterocycles. The fraction of sp³-hybridized carbons (Fsp3) is 0.500. The number of nitriles is 1. The largest absolute Gasteiger partial charge is 0.468 e. The molecule has 1 heterocycles. The van der Waals surface area contributed by atoms with Crippen LogP contribution in [0.15, 0.2) is 24.3 Å². The van der Waals surface area contributed by atoms with E-state index >= 15 is 0 Å². The molecule has 21 heavy (non-hydrogen) atoms. The molecule has 0 radical (unpaired) electrons. The van der Waals surface area contributed by atoms with Gasteiger partial charge in [-0.25, -0.2) is 0 Å². The summed E-state index contributed by atoms with van der Waals surface area (Å²) < 4.78 is 4.72. The number of methoxy groups -OCH3 is 1. The molecule has 1 aliphatic rings. The van der Waals surface area contributed by atoms with Gasteiger partial charge in [0.15, 0.2) is 0 Å². The molecule has 0 amide bonds. The molecule has 0 N–H and O–H groups in total. The number of nitrogens with zero attached hydrogens (tertiary/aromatic N) is 3. The number of hydrogen-bond donors (Lipinski definition) is 0. The third-order valence-corrected chi connectivity index (χ3v) is 3.75. The third-order valence-electron chi connectivity index (χ3n) is 3.75. The van der Waals surface area contributed by atoms with E-state index in [1.54, 1.807) is 0 Å². The summed E-state index contributed by atoms with van der Waals surface area (Å²) in [6.45, 7) is 5.04. The summed E-state index contributed by atoms with van der Waals surface area (Å²) in [5.74, 6) is -0.171. The molecule has 1 fully saturated rings. The summed E-state index contributed by atoms with van der Waals surface area (Å²) in [7, 11) is 1.43.